The molecule has 0 bridgehead atoms. The second-order valence-electron chi connectivity index (χ2n) is 5.38. The number of carbonyl (C=O) groups excluding carboxylic acids is 2. The first-order valence-corrected chi connectivity index (χ1v) is 6.73. The van der Waals surface area contributed by atoms with E-state index in [1.807, 2.05) is 38.1 Å². The third-order valence-electron chi connectivity index (χ3n) is 3.74. The highest BCUT2D eigenvalue weighted by atomic mass is 16.4. The van der Waals surface area contributed by atoms with Crippen molar-refractivity contribution in [2.45, 2.75) is 20.3 Å². The number of aliphatic carboxylic acids is 1. The molecule has 0 radical (unpaired) electrons. The predicted molar refractivity (Wildman–Crippen MR) is 74.6 cm³/mol. The first kappa shape index (κ1) is 14.3. The summed E-state index contributed by atoms with van der Waals surface area (Å²) in [5.41, 5.74) is 1.72. The number of anilines is 1. The van der Waals surface area contributed by atoms with Crippen molar-refractivity contribution in [2.24, 2.45) is 17.8 Å². The Morgan fingerprint density at radius 1 is 1.25 bits per heavy atom. The van der Waals surface area contributed by atoms with Crippen LogP contribution in [0.25, 0.3) is 0 Å². The van der Waals surface area contributed by atoms with Crippen molar-refractivity contribution in [2.75, 3.05) is 5.32 Å². The summed E-state index contributed by atoms with van der Waals surface area (Å²) in [7, 11) is 0. The van der Waals surface area contributed by atoms with Gasteiger partial charge in [0.2, 0.25) is 5.91 Å². The van der Waals surface area contributed by atoms with Crippen LogP contribution in [0.4, 0.5) is 5.69 Å². The molecule has 0 spiro atoms. The zero-order chi connectivity index (χ0) is 14.7. The van der Waals surface area contributed by atoms with Crippen LogP contribution < -0.4 is 10.4 Å². The van der Waals surface area contributed by atoms with Crippen LogP contribution in [-0.4, -0.2) is 11.9 Å². The van der Waals surface area contributed by atoms with Crippen LogP contribution >= 0.6 is 0 Å². The Morgan fingerprint density at radius 2 is 1.90 bits per heavy atom. The summed E-state index contributed by atoms with van der Waals surface area (Å²) >= 11 is 0. The number of benzene rings is 1. The van der Waals surface area contributed by atoms with Crippen LogP contribution in [0, 0.1) is 17.8 Å². The Bertz CT molecular complexity index is 536. The molecule has 3 unspecified atom stereocenters. The van der Waals surface area contributed by atoms with Crippen LogP contribution in [0.15, 0.2) is 42.0 Å². The normalized spacial score (nSPS) is 25.7. The second kappa shape index (κ2) is 5.90. The van der Waals surface area contributed by atoms with E-state index >= 15 is 0 Å². The minimum atomic E-state index is -1.16. The molecule has 2 rings (SSSR count). The maximum atomic E-state index is 12.3. The summed E-state index contributed by atoms with van der Waals surface area (Å²) in [6.07, 6.45) is 2.37. The van der Waals surface area contributed by atoms with Crippen molar-refractivity contribution in [1.29, 1.82) is 0 Å². The molecule has 1 aromatic carbocycles. The molecule has 20 heavy (non-hydrogen) atoms. The van der Waals surface area contributed by atoms with Gasteiger partial charge in [-0.05, 0) is 31.4 Å². The number of carboxylic acid groups (broad SMARTS) is 1. The lowest BCUT2D eigenvalue weighted by Crippen LogP contribution is -2.45. The fourth-order valence-electron chi connectivity index (χ4n) is 2.85. The van der Waals surface area contributed by atoms with Gasteiger partial charge in [-0.25, -0.2) is 0 Å². The zero-order valence-corrected chi connectivity index (χ0v) is 11.6. The number of allylic oxidation sites excluding steroid dienone is 2. The molecule has 1 aliphatic rings. The highest BCUT2D eigenvalue weighted by Gasteiger charge is 2.35. The maximum Gasteiger partial charge on any atom is 0.228 e. The minimum absolute atomic E-state index is 0.194. The predicted octanol–water partition coefficient (Wildman–Crippen LogP) is 1.59. The first-order valence-electron chi connectivity index (χ1n) is 6.73. The third kappa shape index (κ3) is 3.07. The van der Waals surface area contributed by atoms with Crippen LogP contribution in [0.1, 0.15) is 20.3 Å². The van der Waals surface area contributed by atoms with Crippen molar-refractivity contribution in [3.8, 4) is 0 Å². The van der Waals surface area contributed by atoms with Gasteiger partial charge in [0.05, 0.1) is 5.92 Å². The average Bonchev–Trinajstić information content (AvgIpc) is 2.38. The Kier molecular flexibility index (Phi) is 4.23. The van der Waals surface area contributed by atoms with Crippen LogP contribution in [0.3, 0.4) is 0 Å². The van der Waals surface area contributed by atoms with Gasteiger partial charge in [-0.15, -0.1) is 0 Å². The van der Waals surface area contributed by atoms with E-state index in [0.717, 1.165) is 5.57 Å². The minimum Gasteiger partial charge on any atom is -0.550 e. The zero-order valence-electron chi connectivity index (χ0n) is 11.6. The average molecular weight is 272 g/mol. The number of amides is 1. The number of carbonyl (C=O) groups is 2. The van der Waals surface area contributed by atoms with Crippen molar-refractivity contribution >= 4 is 17.6 Å². The lowest BCUT2D eigenvalue weighted by atomic mass is 9.73. The van der Waals surface area contributed by atoms with Gasteiger partial charge in [-0.3, -0.25) is 4.79 Å². The summed E-state index contributed by atoms with van der Waals surface area (Å²) in [6.45, 7) is 3.73. The van der Waals surface area contributed by atoms with Gasteiger partial charge in [0.15, 0.2) is 0 Å². The summed E-state index contributed by atoms with van der Waals surface area (Å²) in [5.74, 6) is -2.97. The van der Waals surface area contributed by atoms with E-state index in [0.29, 0.717) is 12.1 Å². The molecular weight excluding hydrogens is 254 g/mol. The molecule has 0 fully saturated rings. The van der Waals surface area contributed by atoms with Gasteiger partial charge < -0.3 is 15.2 Å². The standard InChI is InChI=1S/C16H19NO3/c1-10-8-11(2)14(16(19)20)13(9-10)15(18)17-12-6-4-3-5-7-12/h3-8,11,13-14H,9H2,1-2H3,(H,17,18)(H,19,20)/p-1. The fourth-order valence-corrected chi connectivity index (χ4v) is 2.85. The Labute approximate surface area is 118 Å². The van der Waals surface area contributed by atoms with Gasteiger partial charge in [0, 0.05) is 17.6 Å². The molecule has 1 N–H and O–H groups in total. The Morgan fingerprint density at radius 3 is 2.50 bits per heavy atom. The fraction of sp³-hybridized carbons (Fsp3) is 0.375. The molecule has 1 amide bonds. The van der Waals surface area contributed by atoms with Gasteiger partial charge in [0.25, 0.3) is 0 Å². The van der Waals surface area contributed by atoms with Crippen molar-refractivity contribution in [3.05, 3.63) is 42.0 Å². The summed E-state index contributed by atoms with van der Waals surface area (Å²) in [4.78, 5) is 23.7. The molecule has 3 atom stereocenters. The highest BCUT2D eigenvalue weighted by Crippen LogP contribution is 2.34. The smallest absolute Gasteiger partial charge is 0.228 e. The molecule has 4 nitrogen and oxygen atoms in total. The largest absolute Gasteiger partial charge is 0.550 e. The van der Waals surface area contributed by atoms with Gasteiger partial charge in [-0.1, -0.05) is 36.8 Å². The van der Waals surface area contributed by atoms with E-state index in [-0.39, 0.29) is 11.8 Å². The molecule has 1 aromatic rings. The molecule has 4 heteroatoms. The number of hydrogen-bond donors (Lipinski definition) is 1. The molecule has 106 valence electrons. The summed E-state index contributed by atoms with van der Waals surface area (Å²) < 4.78 is 0. The van der Waals surface area contributed by atoms with Crippen LogP contribution in [0.5, 0.6) is 0 Å². The number of carboxylic acids is 1. The molecule has 0 saturated heterocycles. The molecule has 0 saturated carbocycles. The molecule has 0 aliphatic heterocycles. The highest BCUT2D eigenvalue weighted by molar-refractivity contribution is 5.95. The van der Waals surface area contributed by atoms with E-state index in [1.54, 1.807) is 12.1 Å². The molecule has 1 aliphatic carbocycles. The van der Waals surface area contributed by atoms with E-state index in [2.05, 4.69) is 5.32 Å². The van der Waals surface area contributed by atoms with E-state index in [4.69, 9.17) is 0 Å². The van der Waals surface area contributed by atoms with Crippen LogP contribution in [0.2, 0.25) is 0 Å². The quantitative estimate of drug-likeness (QED) is 0.850. The number of hydrogen-bond acceptors (Lipinski definition) is 3. The Balaban J connectivity index is 2.18. The lowest BCUT2D eigenvalue weighted by molar-refractivity contribution is -0.314. The van der Waals surface area contributed by atoms with E-state index in [9.17, 15) is 14.7 Å². The first-order chi connectivity index (χ1) is 9.49. The monoisotopic (exact) mass is 272 g/mol. The van der Waals surface area contributed by atoms with Gasteiger partial charge >= 0.3 is 0 Å². The molecular formula is C16H18NO3-. The van der Waals surface area contributed by atoms with Crippen molar-refractivity contribution in [1.82, 2.24) is 0 Å². The SMILES string of the molecule is CC1=CC(C)C(C(=O)[O-])C(C(=O)Nc2ccccc2)C1. The number of para-hydroxylation sites is 1. The molecule has 0 heterocycles. The summed E-state index contributed by atoms with van der Waals surface area (Å²) in [6, 6.07) is 9.05. The van der Waals surface area contributed by atoms with Gasteiger partial charge in [-0.2, -0.15) is 0 Å². The maximum absolute atomic E-state index is 12.3. The molecule has 0 aromatic heterocycles. The van der Waals surface area contributed by atoms with Crippen LogP contribution in [-0.2, 0) is 9.59 Å². The van der Waals surface area contributed by atoms with E-state index < -0.39 is 17.8 Å². The second-order valence-corrected chi connectivity index (χ2v) is 5.38. The number of nitrogens with one attached hydrogen (secondary N) is 1. The lowest BCUT2D eigenvalue weighted by Gasteiger charge is -2.34. The van der Waals surface area contributed by atoms with Crippen molar-refractivity contribution in [3.63, 3.8) is 0 Å². The van der Waals surface area contributed by atoms with Crippen molar-refractivity contribution < 1.29 is 14.7 Å². The van der Waals surface area contributed by atoms with Gasteiger partial charge in [0.1, 0.15) is 0 Å². The third-order valence-corrected chi connectivity index (χ3v) is 3.74. The number of rotatable bonds is 3. The van der Waals surface area contributed by atoms with E-state index in [1.165, 1.54) is 0 Å². The Hall–Kier alpha value is -2.10. The topological polar surface area (TPSA) is 69.2 Å². The summed E-state index contributed by atoms with van der Waals surface area (Å²) in [5, 5.41) is 14.1.